The number of rotatable bonds is 14. The Bertz CT molecular complexity index is 1890. The van der Waals surface area contributed by atoms with Gasteiger partial charge in [-0.05, 0) is 37.3 Å². The van der Waals surface area contributed by atoms with Crippen LogP contribution in [-0.4, -0.2) is 35.4 Å². The van der Waals surface area contributed by atoms with Gasteiger partial charge in [-0.3, -0.25) is 9.78 Å². The molecular formula is C41H51F2IrN2O2SSi-. The minimum atomic E-state index is -2.35. The summed E-state index contributed by atoms with van der Waals surface area (Å²) in [5.41, 5.74) is 3.39. The Morgan fingerprint density at radius 3 is 2.12 bits per heavy atom. The van der Waals surface area contributed by atoms with E-state index < -0.39 is 14.5 Å². The van der Waals surface area contributed by atoms with Gasteiger partial charge in [-0.1, -0.05) is 108 Å². The molecule has 1 N–H and O–H groups in total. The van der Waals surface area contributed by atoms with E-state index in [1.807, 2.05) is 39.8 Å². The Hall–Kier alpha value is -2.84. The van der Waals surface area contributed by atoms with Crippen molar-refractivity contribution in [2.24, 2.45) is 11.8 Å². The molecule has 9 heteroatoms. The number of aliphatic hydroxyl groups is 1. The minimum Gasteiger partial charge on any atom is -0.512 e. The summed E-state index contributed by atoms with van der Waals surface area (Å²) in [4.78, 5) is 21.0. The normalized spacial score (nSPS) is 12.2. The number of ketones is 1. The Morgan fingerprint density at radius 2 is 1.52 bits per heavy atom. The summed E-state index contributed by atoms with van der Waals surface area (Å²) in [6.07, 6.45) is 3.93. The molecule has 0 atom stereocenters. The quantitative estimate of drug-likeness (QED) is 0.0522. The average Bonchev–Trinajstić information content (AvgIpc) is 3.48. The van der Waals surface area contributed by atoms with Gasteiger partial charge in [0.25, 0.3) is 0 Å². The second-order valence-corrected chi connectivity index (χ2v) is 19.2. The predicted octanol–water partition coefficient (Wildman–Crippen LogP) is 11.9. The Morgan fingerprint density at radius 1 is 0.880 bits per heavy atom. The maximum absolute atomic E-state index is 12.9. The summed E-state index contributed by atoms with van der Waals surface area (Å²) in [5.74, 6) is 0.547. The molecule has 0 saturated heterocycles. The van der Waals surface area contributed by atoms with Gasteiger partial charge in [0.15, 0.2) is 5.78 Å². The molecule has 0 unspecified atom stereocenters. The topological polar surface area (TPSA) is 63.1 Å². The summed E-state index contributed by atoms with van der Waals surface area (Å²) >= 11 is 1.58. The number of nitrogens with zero attached hydrogens (tertiary/aromatic N) is 2. The van der Waals surface area contributed by atoms with Crippen LogP contribution in [0, 0.1) is 17.9 Å². The van der Waals surface area contributed by atoms with Crippen molar-refractivity contribution in [3.63, 3.8) is 0 Å². The van der Waals surface area contributed by atoms with Crippen LogP contribution >= 0.6 is 11.3 Å². The largest absolute Gasteiger partial charge is 0.512 e. The molecule has 3 aromatic carbocycles. The van der Waals surface area contributed by atoms with E-state index in [-0.39, 0.29) is 49.9 Å². The van der Waals surface area contributed by atoms with Gasteiger partial charge in [-0.2, -0.15) is 0 Å². The molecule has 2 aromatic heterocycles. The number of hydrogen-bond donors (Lipinski definition) is 1. The van der Waals surface area contributed by atoms with Crippen LogP contribution in [0.5, 0.6) is 0 Å². The van der Waals surface area contributed by atoms with E-state index in [9.17, 15) is 18.7 Å². The van der Waals surface area contributed by atoms with Crippen molar-refractivity contribution in [2.75, 3.05) is 0 Å². The van der Waals surface area contributed by atoms with Crippen LogP contribution in [-0.2, 0) is 31.3 Å². The summed E-state index contributed by atoms with van der Waals surface area (Å²) < 4.78 is 27.8. The van der Waals surface area contributed by atoms with E-state index in [1.165, 1.54) is 34.8 Å². The van der Waals surface area contributed by atoms with Crippen LogP contribution in [0.1, 0.15) is 79.7 Å². The monoisotopic (exact) mass is 894 g/mol. The first-order chi connectivity index (χ1) is 23.6. The standard InChI is InChI=1S/C28H27F2N2SSi.C13H24O2.Ir/c1-4-34(5-2,6-3)24-16-20(15-19-9-7-8-10-21(19)24)26-28-27(32-17-31-26)22-12-11-18(14-25(29)30)13-23(22)33-28;1-5-10(6-2)12(14)9-13(15)11(7-3)8-4;/h7-13,16-17,25H,4-6,14H2,1-3H3;9-11,14H,5-8H2,1-4H3;/q-1;;/b;12-9-;. The van der Waals surface area contributed by atoms with E-state index in [0.29, 0.717) is 5.56 Å². The summed E-state index contributed by atoms with van der Waals surface area (Å²) in [5, 5.41) is 14.7. The van der Waals surface area contributed by atoms with Gasteiger partial charge < -0.3 is 5.11 Å². The van der Waals surface area contributed by atoms with Gasteiger partial charge in [0.2, 0.25) is 6.43 Å². The third kappa shape index (κ3) is 9.14. The molecule has 0 bridgehead atoms. The van der Waals surface area contributed by atoms with Crippen LogP contribution in [0.3, 0.4) is 0 Å². The van der Waals surface area contributed by atoms with Crippen molar-refractivity contribution in [1.29, 1.82) is 0 Å². The number of allylic oxidation sites excluding steroid dienone is 2. The third-order valence-electron chi connectivity index (χ3n) is 10.4. The van der Waals surface area contributed by atoms with Crippen molar-refractivity contribution >= 4 is 61.5 Å². The Labute approximate surface area is 315 Å². The molecule has 5 rings (SSSR count). The van der Waals surface area contributed by atoms with Gasteiger partial charge in [0, 0.05) is 64.9 Å². The predicted molar refractivity (Wildman–Crippen MR) is 207 cm³/mol. The van der Waals surface area contributed by atoms with Crippen LogP contribution in [0.4, 0.5) is 8.78 Å². The van der Waals surface area contributed by atoms with E-state index in [1.54, 1.807) is 23.7 Å². The number of aromatic nitrogens is 2. The van der Waals surface area contributed by atoms with Crippen LogP contribution in [0.2, 0.25) is 18.1 Å². The molecular weight excluding hydrogens is 843 g/mol. The molecule has 0 aliphatic heterocycles. The van der Waals surface area contributed by atoms with Crippen molar-refractivity contribution in [1.82, 2.24) is 9.97 Å². The molecule has 0 aliphatic rings. The van der Waals surface area contributed by atoms with Gasteiger partial charge in [-0.25, -0.2) is 13.8 Å². The molecule has 1 radical (unpaired) electrons. The molecule has 50 heavy (non-hydrogen) atoms. The molecule has 271 valence electrons. The smallest absolute Gasteiger partial charge is 0.242 e. The third-order valence-corrected chi connectivity index (χ3v) is 17.2. The van der Waals surface area contributed by atoms with Gasteiger partial charge in [-0.15, -0.1) is 40.1 Å². The number of carbonyl (C=O) groups is 1. The summed E-state index contributed by atoms with van der Waals surface area (Å²) in [7, 11) is -1.68. The number of fused-ring (bicyclic) bond motifs is 4. The number of thiophene rings is 1. The van der Waals surface area contributed by atoms with Gasteiger partial charge >= 0.3 is 0 Å². The van der Waals surface area contributed by atoms with Gasteiger partial charge in [0.1, 0.15) is 6.33 Å². The molecule has 0 fully saturated rings. The zero-order chi connectivity index (χ0) is 35.7. The average molecular weight is 894 g/mol. The molecule has 0 spiro atoms. The van der Waals surface area contributed by atoms with Crippen LogP contribution in [0.25, 0.3) is 42.3 Å². The molecule has 0 amide bonds. The fourth-order valence-electron chi connectivity index (χ4n) is 7.01. The van der Waals surface area contributed by atoms with Crippen molar-refractivity contribution in [3.05, 3.63) is 78.3 Å². The number of alkyl halides is 2. The molecule has 5 aromatic rings. The fraction of sp³-hybridized carbons (Fsp3) is 0.439. The van der Waals surface area contributed by atoms with E-state index in [0.717, 1.165) is 62.6 Å². The number of aliphatic hydroxyl groups excluding tert-OH is 1. The van der Waals surface area contributed by atoms with Crippen molar-refractivity contribution in [3.8, 4) is 11.3 Å². The first-order valence-corrected chi connectivity index (χ1v) is 21.4. The van der Waals surface area contributed by atoms with Gasteiger partial charge in [0.05, 0.1) is 19.3 Å². The number of hydrogen-bond acceptors (Lipinski definition) is 5. The maximum Gasteiger partial charge on any atom is 0.242 e. The SMILES string of the molecule is CCC(CC)C(=O)/C=C(\O)C(CC)CC.CC[Si](CC)(CC)c1cc(-c2ncnc3c2sc2cc(CC(F)F)ccc23)[c-]c2ccccc12.[Ir]. The van der Waals surface area contributed by atoms with E-state index >= 15 is 0 Å². The van der Waals surface area contributed by atoms with E-state index in [2.05, 4.69) is 62.2 Å². The fourth-order valence-corrected chi connectivity index (χ4v) is 12.1. The molecule has 0 aliphatic carbocycles. The van der Waals surface area contributed by atoms with Crippen molar-refractivity contribution < 1.29 is 38.8 Å². The summed E-state index contributed by atoms with van der Waals surface area (Å²) in [6, 6.07) is 23.7. The van der Waals surface area contributed by atoms with Crippen LogP contribution in [0.15, 0.2) is 66.7 Å². The zero-order valence-corrected chi connectivity index (χ0v) is 34.6. The Balaban J connectivity index is 0.000000361. The van der Waals surface area contributed by atoms with Crippen molar-refractivity contribution in [2.45, 2.75) is 105 Å². The second kappa shape index (κ2) is 19.1. The minimum absolute atomic E-state index is 0. The number of benzene rings is 3. The summed E-state index contributed by atoms with van der Waals surface area (Å²) in [6.45, 7) is 15.1. The van der Waals surface area contributed by atoms with E-state index in [4.69, 9.17) is 4.98 Å². The number of carbonyl (C=O) groups excluding carboxylic acids is 1. The molecule has 0 saturated carbocycles. The second-order valence-electron chi connectivity index (χ2n) is 12.9. The maximum atomic E-state index is 12.9. The number of halogens is 2. The Kier molecular flexibility index (Phi) is 15.9. The molecule has 2 heterocycles. The first-order valence-electron chi connectivity index (χ1n) is 17.9. The zero-order valence-electron chi connectivity index (χ0n) is 30.4. The molecule has 4 nitrogen and oxygen atoms in total. The first kappa shape index (κ1) is 41.6. The van der Waals surface area contributed by atoms with Crippen LogP contribution < -0.4 is 5.19 Å².